The SMILES string of the molecule is CC(=O)N1CC[C@H]2CC[C@@H](C(=O)Nc3ccc(I)cc3)N2C(=O)[C@@H](NC(=O)c2c[nH]c3ccc(C(F)(F)P(=O)(O)O)cc23)C1. The van der Waals surface area contributed by atoms with Crippen molar-refractivity contribution in [3.63, 3.8) is 0 Å². The van der Waals surface area contributed by atoms with E-state index in [1.807, 2.05) is 12.1 Å². The topological polar surface area (TPSA) is 172 Å². The van der Waals surface area contributed by atoms with Crippen LogP contribution in [0.4, 0.5) is 14.5 Å². The highest BCUT2D eigenvalue weighted by atomic mass is 127. The number of carbonyl (C=O) groups is 4. The fourth-order valence-corrected chi connectivity index (χ4v) is 6.52. The molecule has 2 saturated heterocycles. The monoisotopic (exact) mass is 743 g/mol. The zero-order valence-electron chi connectivity index (χ0n) is 23.3. The summed E-state index contributed by atoms with van der Waals surface area (Å²) in [6.07, 6.45) is 2.57. The summed E-state index contributed by atoms with van der Waals surface area (Å²) < 4.78 is 41.3. The minimum Gasteiger partial charge on any atom is -0.360 e. The number of aromatic nitrogens is 1. The Morgan fingerprint density at radius 2 is 1.80 bits per heavy atom. The quantitative estimate of drug-likeness (QED) is 0.190. The minimum atomic E-state index is -5.87. The van der Waals surface area contributed by atoms with E-state index in [1.165, 1.54) is 22.9 Å². The van der Waals surface area contributed by atoms with Crippen molar-refractivity contribution in [2.75, 3.05) is 18.4 Å². The van der Waals surface area contributed by atoms with E-state index in [9.17, 15) is 32.5 Å². The van der Waals surface area contributed by atoms with Crippen LogP contribution in [0.15, 0.2) is 48.7 Å². The molecule has 0 unspecified atom stereocenters. The average molecular weight is 743 g/mol. The predicted octanol–water partition coefficient (Wildman–Crippen LogP) is 3.35. The molecule has 0 spiro atoms. The number of anilines is 1. The highest BCUT2D eigenvalue weighted by Gasteiger charge is 2.50. The number of halogens is 3. The summed E-state index contributed by atoms with van der Waals surface area (Å²) in [5, 5.41) is 5.41. The van der Waals surface area contributed by atoms with Crippen LogP contribution in [0.5, 0.6) is 0 Å². The number of hydrogen-bond acceptors (Lipinski definition) is 5. The number of carbonyl (C=O) groups excluding carboxylic acids is 4. The van der Waals surface area contributed by atoms with Crippen molar-refractivity contribution >= 4 is 70.4 Å². The van der Waals surface area contributed by atoms with Crippen LogP contribution in [-0.4, -0.2) is 79.4 Å². The fourth-order valence-electron chi connectivity index (χ4n) is 5.68. The van der Waals surface area contributed by atoms with Crippen molar-refractivity contribution in [2.45, 2.75) is 50.0 Å². The number of hydrogen-bond donors (Lipinski definition) is 5. The van der Waals surface area contributed by atoms with E-state index in [4.69, 9.17) is 9.79 Å². The Bertz CT molecular complexity index is 1680. The second kappa shape index (κ2) is 12.2. The first-order valence-corrected chi connectivity index (χ1v) is 16.4. The lowest BCUT2D eigenvalue weighted by molar-refractivity contribution is -0.143. The molecule has 1 aromatic heterocycles. The van der Waals surface area contributed by atoms with Gasteiger partial charge in [0.2, 0.25) is 17.7 Å². The van der Waals surface area contributed by atoms with Crippen LogP contribution in [0, 0.1) is 3.57 Å². The molecule has 2 aliphatic heterocycles. The summed E-state index contributed by atoms with van der Waals surface area (Å²) >= 11 is 2.14. The first kappa shape index (κ1) is 32.0. The van der Waals surface area contributed by atoms with E-state index in [2.05, 4.69) is 38.2 Å². The summed E-state index contributed by atoms with van der Waals surface area (Å²) in [4.78, 5) is 77.3. The Kier molecular flexibility index (Phi) is 8.86. The molecule has 44 heavy (non-hydrogen) atoms. The standard InChI is InChI=1S/C28H29F2IN5O7P/c1-15(37)35-11-10-19-7-9-24(26(39)33-18-5-3-17(31)4-6-18)36(19)27(40)23(14-35)34-25(38)21-13-32-22-8-2-16(12-20(21)22)28(29,30)44(41,42)43/h2-6,8,12-13,19,23-24,32H,7,9-11,14H2,1H3,(H,33,39)(H,34,38)(H2,41,42,43)/t19-,23+,24+/m1/s1. The molecule has 4 amide bonds. The molecule has 0 bridgehead atoms. The van der Waals surface area contributed by atoms with Gasteiger partial charge in [-0.1, -0.05) is 6.07 Å². The summed E-state index contributed by atoms with van der Waals surface area (Å²) in [6.45, 7) is 1.45. The van der Waals surface area contributed by atoms with Gasteiger partial charge in [-0.3, -0.25) is 23.7 Å². The molecule has 3 heterocycles. The third kappa shape index (κ3) is 6.23. The largest absolute Gasteiger partial charge is 0.399 e. The summed E-state index contributed by atoms with van der Waals surface area (Å²) in [5.41, 5.74) is -4.84. The smallest absolute Gasteiger partial charge is 0.360 e. The van der Waals surface area contributed by atoms with E-state index in [-0.39, 0.29) is 47.4 Å². The van der Waals surface area contributed by atoms with Crippen LogP contribution in [0.1, 0.15) is 42.1 Å². The number of nitrogens with zero attached hydrogens (tertiary/aromatic N) is 2. The zero-order valence-corrected chi connectivity index (χ0v) is 26.3. The molecule has 5 N–H and O–H groups in total. The van der Waals surface area contributed by atoms with Gasteiger partial charge in [0, 0.05) is 58.0 Å². The van der Waals surface area contributed by atoms with Crippen LogP contribution >= 0.6 is 30.2 Å². The normalized spacial score (nSPS) is 21.0. The van der Waals surface area contributed by atoms with Gasteiger partial charge < -0.3 is 35.2 Å². The maximum atomic E-state index is 14.4. The lowest BCUT2D eigenvalue weighted by Gasteiger charge is -2.38. The number of H-pyrrole nitrogens is 1. The molecule has 234 valence electrons. The van der Waals surface area contributed by atoms with Crippen LogP contribution in [-0.2, 0) is 24.6 Å². The number of aromatic amines is 1. The van der Waals surface area contributed by atoms with Crippen LogP contribution in [0.2, 0.25) is 0 Å². The van der Waals surface area contributed by atoms with Gasteiger partial charge in [0.25, 0.3) is 5.91 Å². The maximum Gasteiger partial charge on any atom is 0.399 e. The molecular formula is C28H29F2IN5O7P. The Hall–Kier alpha value is -3.40. The predicted molar refractivity (Wildman–Crippen MR) is 164 cm³/mol. The molecule has 12 nitrogen and oxygen atoms in total. The zero-order chi connectivity index (χ0) is 32.0. The molecule has 2 aromatic carbocycles. The van der Waals surface area contributed by atoms with Crippen LogP contribution < -0.4 is 10.6 Å². The van der Waals surface area contributed by atoms with Gasteiger partial charge >= 0.3 is 13.3 Å². The molecule has 0 radical (unpaired) electrons. The number of nitrogens with one attached hydrogen (secondary N) is 3. The minimum absolute atomic E-state index is 0.0522. The second-order valence-electron chi connectivity index (χ2n) is 10.8. The van der Waals surface area contributed by atoms with Crippen LogP contribution in [0.25, 0.3) is 10.9 Å². The van der Waals surface area contributed by atoms with Gasteiger partial charge in [-0.15, -0.1) is 0 Å². The van der Waals surface area contributed by atoms with Crippen molar-refractivity contribution in [2.24, 2.45) is 0 Å². The Morgan fingerprint density at radius 3 is 2.45 bits per heavy atom. The van der Waals surface area contributed by atoms with Gasteiger partial charge in [0.1, 0.15) is 12.1 Å². The first-order valence-electron chi connectivity index (χ1n) is 13.7. The molecule has 0 saturated carbocycles. The highest BCUT2D eigenvalue weighted by Crippen LogP contribution is 2.59. The molecule has 2 fully saturated rings. The second-order valence-corrected chi connectivity index (χ2v) is 13.7. The average Bonchev–Trinajstić information content (AvgIpc) is 3.58. The van der Waals surface area contributed by atoms with Gasteiger partial charge in [0.05, 0.1) is 5.56 Å². The number of fused-ring (bicyclic) bond motifs is 2. The van der Waals surface area contributed by atoms with E-state index in [0.29, 0.717) is 24.9 Å². The van der Waals surface area contributed by atoms with E-state index >= 15 is 0 Å². The molecule has 0 aliphatic carbocycles. The molecule has 5 rings (SSSR count). The van der Waals surface area contributed by atoms with E-state index < -0.39 is 42.7 Å². The van der Waals surface area contributed by atoms with E-state index in [1.54, 1.807) is 12.1 Å². The molecule has 2 aliphatic rings. The summed E-state index contributed by atoms with van der Waals surface area (Å²) in [6, 6.07) is 7.52. The fraction of sp³-hybridized carbons (Fsp3) is 0.357. The Morgan fingerprint density at radius 1 is 1.09 bits per heavy atom. The van der Waals surface area contributed by atoms with Crippen molar-refractivity contribution in [3.05, 3.63) is 63.4 Å². The van der Waals surface area contributed by atoms with Gasteiger partial charge in [0.15, 0.2) is 0 Å². The molecule has 3 aromatic rings. The maximum absolute atomic E-state index is 14.4. The lowest BCUT2D eigenvalue weighted by Crippen LogP contribution is -2.60. The third-order valence-electron chi connectivity index (χ3n) is 7.99. The summed E-state index contributed by atoms with van der Waals surface area (Å²) in [5.74, 6) is -2.10. The molecule has 16 heteroatoms. The first-order chi connectivity index (χ1) is 20.7. The third-order valence-corrected chi connectivity index (χ3v) is 9.70. The van der Waals surface area contributed by atoms with Crippen LogP contribution in [0.3, 0.4) is 0 Å². The lowest BCUT2D eigenvalue weighted by atomic mass is 10.1. The Labute approximate surface area is 263 Å². The van der Waals surface area contributed by atoms with E-state index in [0.717, 1.165) is 21.8 Å². The number of amides is 4. The van der Waals surface area contributed by atoms with Crippen molar-refractivity contribution in [1.29, 1.82) is 0 Å². The van der Waals surface area contributed by atoms with Gasteiger partial charge in [-0.05, 0) is 78.3 Å². The summed E-state index contributed by atoms with van der Waals surface area (Å²) in [7, 11) is -5.87. The van der Waals surface area contributed by atoms with Crippen molar-refractivity contribution in [1.82, 2.24) is 20.1 Å². The molecule has 3 atom stereocenters. The molecular weight excluding hydrogens is 714 g/mol. The van der Waals surface area contributed by atoms with Crippen molar-refractivity contribution < 1.29 is 42.3 Å². The van der Waals surface area contributed by atoms with Gasteiger partial charge in [-0.25, -0.2) is 0 Å². The van der Waals surface area contributed by atoms with Gasteiger partial charge in [-0.2, -0.15) is 8.78 Å². The highest BCUT2D eigenvalue weighted by molar-refractivity contribution is 14.1. The van der Waals surface area contributed by atoms with Crippen molar-refractivity contribution in [3.8, 4) is 0 Å². The number of benzene rings is 2. The Balaban J connectivity index is 1.43. The number of alkyl halides is 2. The number of rotatable bonds is 6.